The van der Waals surface area contributed by atoms with Gasteiger partial charge < -0.3 is 8.98 Å². The Labute approximate surface area is 332 Å². The molecule has 0 amide bonds. The lowest BCUT2D eigenvalue weighted by Crippen LogP contribution is -2.28. The van der Waals surface area contributed by atoms with Crippen LogP contribution in [0.4, 0.5) is 0 Å². The SMILES string of the molecule is CCC1C(c2ccccc2)=NC(c2cc(-n3c4ccccc4c4cc5ccccc5cc43)cc3c2oc2ccccc23)=NC1c1ccc2c(c1)sc1ccccc12. The predicted molar refractivity (Wildman–Crippen MR) is 241 cm³/mol. The lowest BCUT2D eigenvalue weighted by molar-refractivity contribution is 0.533. The van der Waals surface area contributed by atoms with E-state index in [1.54, 1.807) is 0 Å². The monoisotopic (exact) mass is 749 g/mol. The number of hydrogen-bond donors (Lipinski definition) is 0. The van der Waals surface area contributed by atoms with Crippen molar-refractivity contribution in [3.8, 4) is 5.69 Å². The van der Waals surface area contributed by atoms with Gasteiger partial charge in [-0.05, 0) is 76.9 Å². The van der Waals surface area contributed by atoms with Crippen molar-refractivity contribution in [3.63, 3.8) is 0 Å². The molecule has 5 heteroatoms. The summed E-state index contributed by atoms with van der Waals surface area (Å²) < 4.78 is 11.8. The van der Waals surface area contributed by atoms with E-state index < -0.39 is 0 Å². The molecule has 11 aromatic rings. The van der Waals surface area contributed by atoms with Crippen LogP contribution in [0, 0.1) is 5.92 Å². The average Bonchev–Trinajstić information content (AvgIpc) is 3.94. The van der Waals surface area contributed by atoms with Crippen LogP contribution < -0.4 is 0 Å². The molecule has 2 unspecified atom stereocenters. The second kappa shape index (κ2) is 12.6. The van der Waals surface area contributed by atoms with Crippen LogP contribution in [0.3, 0.4) is 0 Å². The predicted octanol–water partition coefficient (Wildman–Crippen LogP) is 14.2. The number of thiophene rings is 1. The maximum Gasteiger partial charge on any atom is 0.159 e. The fourth-order valence-electron chi connectivity index (χ4n) is 9.30. The third-order valence-electron chi connectivity index (χ3n) is 12.0. The Hall–Kier alpha value is -6.82. The number of fused-ring (bicyclic) bond motifs is 10. The number of aromatic nitrogens is 1. The van der Waals surface area contributed by atoms with E-state index in [-0.39, 0.29) is 12.0 Å². The average molecular weight is 750 g/mol. The van der Waals surface area contributed by atoms with Gasteiger partial charge in [0.1, 0.15) is 11.2 Å². The zero-order chi connectivity index (χ0) is 37.6. The minimum atomic E-state index is -0.144. The van der Waals surface area contributed by atoms with Crippen molar-refractivity contribution in [2.45, 2.75) is 19.4 Å². The molecule has 0 aliphatic carbocycles. The standard InChI is InChI=1S/C52H35N3OS/c1-2-36-49(31-14-4-3-5-15-31)53-52(54-50(36)34-24-25-40-39-20-10-13-23-47(39)57-48(40)28-34)43-30-35(29-42-38-19-9-12-22-46(38)56-51(42)43)55-44-21-11-8-18-37(44)41-26-32-16-6-7-17-33(32)27-45(41)55/h3-30,36,50H,2H2,1H3. The minimum absolute atomic E-state index is 0.0861. The zero-order valence-corrected chi connectivity index (χ0v) is 32.0. The molecule has 4 nitrogen and oxygen atoms in total. The van der Waals surface area contributed by atoms with Crippen molar-refractivity contribution >= 4 is 97.6 Å². The molecule has 3 aromatic heterocycles. The highest BCUT2D eigenvalue weighted by molar-refractivity contribution is 7.25. The van der Waals surface area contributed by atoms with Crippen molar-refractivity contribution in [3.05, 3.63) is 187 Å². The lowest BCUT2D eigenvalue weighted by atomic mass is 9.83. The molecule has 270 valence electrons. The second-order valence-electron chi connectivity index (χ2n) is 15.2. The smallest absolute Gasteiger partial charge is 0.159 e. The van der Waals surface area contributed by atoms with Gasteiger partial charge in [0, 0.05) is 53.3 Å². The first-order valence-electron chi connectivity index (χ1n) is 19.7. The van der Waals surface area contributed by atoms with Gasteiger partial charge in [-0.2, -0.15) is 0 Å². The van der Waals surface area contributed by atoms with Gasteiger partial charge in [0.25, 0.3) is 0 Å². The molecule has 1 aliphatic rings. The third-order valence-corrected chi connectivity index (χ3v) is 13.1. The number of rotatable bonds is 5. The molecule has 8 aromatic carbocycles. The van der Waals surface area contributed by atoms with Crippen LogP contribution in [0.25, 0.3) is 80.4 Å². The van der Waals surface area contributed by atoms with Gasteiger partial charge in [-0.1, -0.05) is 128 Å². The van der Waals surface area contributed by atoms with E-state index in [4.69, 9.17) is 14.4 Å². The van der Waals surface area contributed by atoms with E-state index >= 15 is 0 Å². The summed E-state index contributed by atoms with van der Waals surface area (Å²) in [6.07, 6.45) is 0.898. The first kappa shape index (κ1) is 32.4. The van der Waals surface area contributed by atoms with Crippen LogP contribution in [0.15, 0.2) is 184 Å². The molecule has 0 saturated heterocycles. The van der Waals surface area contributed by atoms with Crippen LogP contribution in [-0.4, -0.2) is 16.1 Å². The lowest BCUT2D eigenvalue weighted by Gasteiger charge is -2.30. The molecule has 0 bridgehead atoms. The summed E-state index contributed by atoms with van der Waals surface area (Å²) in [6, 6.07) is 61.1. The molecule has 0 spiro atoms. The van der Waals surface area contributed by atoms with E-state index in [9.17, 15) is 0 Å². The van der Waals surface area contributed by atoms with Gasteiger partial charge in [0.15, 0.2) is 5.84 Å². The summed E-state index contributed by atoms with van der Waals surface area (Å²) in [4.78, 5) is 11.2. The summed E-state index contributed by atoms with van der Waals surface area (Å²) in [7, 11) is 0. The molecular weight excluding hydrogens is 715 g/mol. The molecule has 0 fully saturated rings. The summed E-state index contributed by atoms with van der Waals surface area (Å²) in [5.41, 5.74) is 9.28. The zero-order valence-electron chi connectivity index (χ0n) is 31.2. The maximum absolute atomic E-state index is 6.81. The molecule has 1 aliphatic heterocycles. The summed E-state index contributed by atoms with van der Waals surface area (Å²) in [5, 5.41) is 9.60. The molecular formula is C52H35N3OS. The van der Waals surface area contributed by atoms with Crippen molar-refractivity contribution in [2.24, 2.45) is 15.9 Å². The van der Waals surface area contributed by atoms with Gasteiger partial charge in [-0.3, -0.25) is 4.99 Å². The highest BCUT2D eigenvalue weighted by atomic mass is 32.1. The number of furan rings is 1. The Morgan fingerprint density at radius 3 is 2.16 bits per heavy atom. The van der Waals surface area contributed by atoms with E-state index in [1.165, 1.54) is 47.3 Å². The van der Waals surface area contributed by atoms with Gasteiger partial charge in [0.2, 0.25) is 0 Å². The van der Waals surface area contributed by atoms with Gasteiger partial charge in [0.05, 0.1) is 28.4 Å². The van der Waals surface area contributed by atoms with Crippen molar-refractivity contribution in [1.29, 1.82) is 0 Å². The van der Waals surface area contributed by atoms with E-state index in [0.717, 1.165) is 61.9 Å². The molecule has 4 heterocycles. The highest BCUT2D eigenvalue weighted by Crippen LogP contribution is 2.43. The van der Waals surface area contributed by atoms with Crippen LogP contribution >= 0.6 is 11.3 Å². The van der Waals surface area contributed by atoms with Crippen molar-refractivity contribution < 1.29 is 4.42 Å². The summed E-state index contributed by atoms with van der Waals surface area (Å²) >= 11 is 1.85. The topological polar surface area (TPSA) is 42.8 Å². The van der Waals surface area contributed by atoms with E-state index in [1.807, 2.05) is 17.4 Å². The van der Waals surface area contributed by atoms with Gasteiger partial charge >= 0.3 is 0 Å². The number of aliphatic imine (C=N–C) groups is 2. The third kappa shape index (κ3) is 4.99. The summed E-state index contributed by atoms with van der Waals surface area (Å²) in [6.45, 7) is 2.26. The number of para-hydroxylation sites is 2. The molecule has 0 N–H and O–H groups in total. The number of hydrogen-bond acceptors (Lipinski definition) is 4. The van der Waals surface area contributed by atoms with Crippen LogP contribution in [-0.2, 0) is 0 Å². The van der Waals surface area contributed by atoms with E-state index in [0.29, 0.717) is 5.84 Å². The first-order valence-corrected chi connectivity index (χ1v) is 20.5. The van der Waals surface area contributed by atoms with Gasteiger partial charge in [-0.15, -0.1) is 11.3 Å². The minimum Gasteiger partial charge on any atom is -0.455 e. The second-order valence-corrected chi connectivity index (χ2v) is 16.3. The molecule has 57 heavy (non-hydrogen) atoms. The number of amidine groups is 1. The van der Waals surface area contributed by atoms with Crippen molar-refractivity contribution in [2.75, 3.05) is 0 Å². The maximum atomic E-state index is 6.81. The first-order chi connectivity index (χ1) is 28.2. The quantitative estimate of drug-likeness (QED) is 0.173. The summed E-state index contributed by atoms with van der Waals surface area (Å²) in [5.74, 6) is 0.778. The Kier molecular flexibility index (Phi) is 7.17. The van der Waals surface area contributed by atoms with Crippen molar-refractivity contribution in [1.82, 2.24) is 4.57 Å². The molecule has 12 rings (SSSR count). The highest BCUT2D eigenvalue weighted by Gasteiger charge is 2.33. The Bertz CT molecular complexity index is 3470. The van der Waals surface area contributed by atoms with Crippen LogP contribution in [0.5, 0.6) is 0 Å². The largest absolute Gasteiger partial charge is 0.455 e. The Morgan fingerprint density at radius 2 is 1.30 bits per heavy atom. The fourth-order valence-corrected chi connectivity index (χ4v) is 10.5. The van der Waals surface area contributed by atoms with E-state index in [2.05, 4.69) is 175 Å². The molecule has 2 atom stereocenters. The molecule has 0 radical (unpaired) electrons. The Balaban J connectivity index is 1.15. The van der Waals surface area contributed by atoms with Gasteiger partial charge in [-0.25, -0.2) is 4.99 Å². The van der Waals surface area contributed by atoms with Crippen LogP contribution in [0.2, 0.25) is 0 Å². The number of benzene rings is 8. The number of nitrogens with zero attached hydrogens (tertiary/aromatic N) is 3. The fraction of sp³-hybridized carbons (Fsp3) is 0.0769. The Morgan fingerprint density at radius 1 is 0.579 bits per heavy atom. The normalized spacial score (nSPS) is 16.1. The van der Waals surface area contributed by atoms with Crippen LogP contribution in [0.1, 0.15) is 36.1 Å². The molecule has 0 saturated carbocycles.